The van der Waals surface area contributed by atoms with Gasteiger partial charge < -0.3 is 15.2 Å². The molecule has 0 saturated heterocycles. The zero-order valence-corrected chi connectivity index (χ0v) is 12.8. The average molecular weight is 341 g/mol. The van der Waals surface area contributed by atoms with E-state index < -0.39 is 24.2 Å². The molecule has 8 heteroatoms. The third-order valence-corrected chi connectivity index (χ3v) is 3.57. The van der Waals surface area contributed by atoms with Gasteiger partial charge in [-0.1, -0.05) is 18.2 Å². The molecule has 0 spiro atoms. The largest absolute Gasteiger partial charge is 0.465 e. The van der Waals surface area contributed by atoms with Gasteiger partial charge in [0.1, 0.15) is 6.04 Å². The molecule has 0 heterocycles. The Labute approximate surface area is 135 Å². The molecule has 0 aromatic heterocycles. The summed E-state index contributed by atoms with van der Waals surface area (Å²) in [6.45, 7) is 0. The van der Waals surface area contributed by atoms with Gasteiger partial charge in [-0.05, 0) is 23.1 Å². The zero-order valence-electron chi connectivity index (χ0n) is 12.8. The van der Waals surface area contributed by atoms with Crippen molar-refractivity contribution >= 4 is 22.7 Å². The molecule has 1 atom stereocenters. The van der Waals surface area contributed by atoms with Crippen LogP contribution in [0.1, 0.15) is 32.3 Å². The van der Waals surface area contributed by atoms with Crippen LogP contribution < -0.4 is 5.73 Å². The van der Waals surface area contributed by atoms with Crippen molar-refractivity contribution in [3.63, 3.8) is 0 Å². The second kappa shape index (κ2) is 6.48. The Hall–Kier alpha value is -2.61. The molecule has 0 aliphatic rings. The number of esters is 2. The van der Waals surface area contributed by atoms with Crippen molar-refractivity contribution in [1.82, 2.24) is 0 Å². The van der Waals surface area contributed by atoms with Crippen LogP contribution in [0.15, 0.2) is 30.3 Å². The first-order chi connectivity index (χ1) is 11.2. The maximum Gasteiger partial charge on any atom is 0.407 e. The van der Waals surface area contributed by atoms with Gasteiger partial charge in [0.05, 0.1) is 25.3 Å². The molecule has 128 valence electrons. The maximum absolute atomic E-state index is 13.0. The number of benzene rings is 2. The van der Waals surface area contributed by atoms with E-state index in [2.05, 4.69) is 9.47 Å². The Morgan fingerprint density at radius 3 is 2.04 bits per heavy atom. The molecule has 5 nitrogen and oxygen atoms in total. The van der Waals surface area contributed by atoms with Gasteiger partial charge in [-0.2, -0.15) is 13.2 Å². The molecule has 0 radical (unpaired) electrons. The second-order valence-corrected chi connectivity index (χ2v) is 4.93. The highest BCUT2D eigenvalue weighted by molar-refractivity contribution is 6.14. The molecule has 24 heavy (non-hydrogen) atoms. The lowest BCUT2D eigenvalue weighted by Gasteiger charge is -2.19. The number of ether oxygens (including phenoxy) is 2. The first-order valence-electron chi connectivity index (χ1n) is 6.77. The van der Waals surface area contributed by atoms with Gasteiger partial charge >= 0.3 is 18.1 Å². The summed E-state index contributed by atoms with van der Waals surface area (Å²) in [5.74, 6) is -1.58. The van der Waals surface area contributed by atoms with Gasteiger partial charge in [-0.25, -0.2) is 9.59 Å². The summed E-state index contributed by atoms with van der Waals surface area (Å²) in [6, 6.07) is 4.09. The first-order valence-corrected chi connectivity index (χ1v) is 6.77. The number of carbonyl (C=O) groups is 2. The van der Waals surface area contributed by atoms with Crippen LogP contribution >= 0.6 is 0 Å². The van der Waals surface area contributed by atoms with E-state index in [1.54, 1.807) is 0 Å². The van der Waals surface area contributed by atoms with Gasteiger partial charge in [-0.3, -0.25) is 0 Å². The van der Waals surface area contributed by atoms with Gasteiger partial charge in [0.25, 0.3) is 0 Å². The van der Waals surface area contributed by atoms with Gasteiger partial charge in [0, 0.05) is 5.39 Å². The second-order valence-electron chi connectivity index (χ2n) is 4.93. The number of halogens is 3. The Kier molecular flexibility index (Phi) is 4.79. The molecule has 2 aromatic rings. The van der Waals surface area contributed by atoms with Gasteiger partial charge in [-0.15, -0.1) is 0 Å². The monoisotopic (exact) mass is 341 g/mol. The molecule has 0 saturated carbocycles. The first kappa shape index (κ1) is 17.7. The van der Waals surface area contributed by atoms with Crippen LogP contribution in [-0.4, -0.2) is 32.3 Å². The van der Waals surface area contributed by atoms with E-state index >= 15 is 0 Å². The highest BCUT2D eigenvalue weighted by Crippen LogP contribution is 2.36. The fourth-order valence-electron chi connectivity index (χ4n) is 2.44. The molecular formula is C16H14F3NO4. The number of alkyl halides is 3. The molecule has 2 aromatic carbocycles. The summed E-state index contributed by atoms with van der Waals surface area (Å²) in [5, 5.41) is 0.0408. The van der Waals surface area contributed by atoms with E-state index in [0.717, 1.165) is 26.4 Å². The number of rotatable bonds is 3. The molecule has 0 bridgehead atoms. The molecule has 0 aliphatic heterocycles. The lowest BCUT2D eigenvalue weighted by molar-refractivity contribution is -0.148. The Balaban J connectivity index is 2.88. The quantitative estimate of drug-likeness (QED) is 0.869. The third-order valence-electron chi connectivity index (χ3n) is 3.57. The average Bonchev–Trinajstić information content (AvgIpc) is 2.57. The predicted molar refractivity (Wildman–Crippen MR) is 79.6 cm³/mol. The standard InChI is InChI=1S/C16H14F3NO4/c1-23-14(21)10-5-3-4-8-9(13(20)16(17,18)19)6-7-11(12(8)10)15(22)24-2/h3-7,13H,20H2,1-2H3/t13-/m0/s1. The molecule has 0 unspecified atom stereocenters. The number of hydrogen-bond donors (Lipinski definition) is 1. The third kappa shape index (κ3) is 3.05. The van der Waals surface area contributed by atoms with Crippen molar-refractivity contribution in [2.45, 2.75) is 12.2 Å². The van der Waals surface area contributed by atoms with E-state index in [4.69, 9.17) is 5.73 Å². The molecule has 0 fully saturated rings. The smallest absolute Gasteiger partial charge is 0.407 e. The highest BCUT2D eigenvalue weighted by atomic mass is 19.4. The van der Waals surface area contributed by atoms with Crippen LogP contribution in [0.25, 0.3) is 10.8 Å². The van der Waals surface area contributed by atoms with E-state index in [-0.39, 0.29) is 27.5 Å². The van der Waals surface area contributed by atoms with Crippen molar-refractivity contribution in [2.24, 2.45) is 5.73 Å². The molecule has 0 aliphatic carbocycles. The SMILES string of the molecule is COC(=O)c1cccc2c([C@H](N)C(F)(F)F)ccc(C(=O)OC)c12. The summed E-state index contributed by atoms with van der Waals surface area (Å²) < 4.78 is 48.3. The molecule has 2 rings (SSSR count). The van der Waals surface area contributed by atoms with Crippen LogP contribution in [0.2, 0.25) is 0 Å². The van der Waals surface area contributed by atoms with Gasteiger partial charge in [0.15, 0.2) is 0 Å². The van der Waals surface area contributed by atoms with Crippen LogP contribution in [0.4, 0.5) is 13.2 Å². The van der Waals surface area contributed by atoms with Crippen molar-refractivity contribution in [3.05, 3.63) is 47.0 Å². The summed E-state index contributed by atoms with van der Waals surface area (Å²) in [5.41, 5.74) is 4.95. The number of methoxy groups -OCH3 is 2. The lowest BCUT2D eigenvalue weighted by Crippen LogP contribution is -2.28. The summed E-state index contributed by atoms with van der Waals surface area (Å²) in [6.07, 6.45) is -4.68. The number of nitrogens with two attached hydrogens (primary N) is 1. The van der Waals surface area contributed by atoms with Crippen LogP contribution in [0.3, 0.4) is 0 Å². The maximum atomic E-state index is 13.0. The van der Waals surface area contributed by atoms with Crippen molar-refractivity contribution in [3.8, 4) is 0 Å². The number of carbonyl (C=O) groups excluding carboxylic acids is 2. The van der Waals surface area contributed by atoms with Crippen LogP contribution in [0, 0.1) is 0 Å². The summed E-state index contributed by atoms with van der Waals surface area (Å²) >= 11 is 0. The van der Waals surface area contributed by atoms with Crippen molar-refractivity contribution in [2.75, 3.05) is 14.2 Å². The van der Waals surface area contributed by atoms with Crippen molar-refractivity contribution < 1.29 is 32.2 Å². The Morgan fingerprint density at radius 1 is 1.00 bits per heavy atom. The Morgan fingerprint density at radius 2 is 1.54 bits per heavy atom. The Bertz CT molecular complexity index is 779. The highest BCUT2D eigenvalue weighted by Gasteiger charge is 2.39. The normalized spacial score (nSPS) is 12.8. The summed E-state index contributed by atoms with van der Waals surface area (Å²) in [7, 11) is 2.26. The summed E-state index contributed by atoms with van der Waals surface area (Å²) in [4.78, 5) is 23.9. The van der Waals surface area contributed by atoms with E-state index in [0.29, 0.717) is 0 Å². The van der Waals surface area contributed by atoms with Crippen molar-refractivity contribution in [1.29, 1.82) is 0 Å². The predicted octanol–water partition coefficient (Wildman–Crippen LogP) is 2.98. The molecule has 0 amide bonds. The fraction of sp³-hybridized carbons (Fsp3) is 0.250. The van der Waals surface area contributed by atoms with E-state index in [9.17, 15) is 22.8 Å². The van der Waals surface area contributed by atoms with Crippen LogP contribution in [-0.2, 0) is 9.47 Å². The molecule has 2 N–H and O–H groups in total. The fourth-order valence-corrected chi connectivity index (χ4v) is 2.44. The van der Waals surface area contributed by atoms with E-state index in [1.807, 2.05) is 0 Å². The number of fused-ring (bicyclic) bond motifs is 1. The zero-order chi connectivity index (χ0) is 18.1. The minimum atomic E-state index is -4.68. The molecular weight excluding hydrogens is 327 g/mol. The topological polar surface area (TPSA) is 78.6 Å². The van der Waals surface area contributed by atoms with Gasteiger partial charge in [0.2, 0.25) is 0 Å². The lowest BCUT2D eigenvalue weighted by atomic mass is 9.92. The number of hydrogen-bond acceptors (Lipinski definition) is 5. The minimum Gasteiger partial charge on any atom is -0.465 e. The minimum absolute atomic E-state index is 0.00778. The van der Waals surface area contributed by atoms with Crippen LogP contribution in [0.5, 0.6) is 0 Å². The van der Waals surface area contributed by atoms with E-state index in [1.165, 1.54) is 18.2 Å².